The topological polar surface area (TPSA) is 37.3 Å². The number of aliphatic carboxylic acids is 1. The van der Waals surface area contributed by atoms with E-state index in [0.717, 1.165) is 16.7 Å². The van der Waals surface area contributed by atoms with Crippen LogP contribution < -0.4 is 0 Å². The smallest absolute Gasteiger partial charge is 0.307 e. The molecule has 0 amide bonds. The van der Waals surface area contributed by atoms with Gasteiger partial charge in [-0.2, -0.15) is 0 Å². The first-order chi connectivity index (χ1) is 6.59. The Morgan fingerprint density at radius 1 is 1.29 bits per heavy atom. The van der Waals surface area contributed by atoms with Gasteiger partial charge in [-0.05, 0) is 25.0 Å². The number of aryl methyl sites for hydroxylation is 2. The van der Waals surface area contributed by atoms with E-state index in [1.807, 2.05) is 45.9 Å². The van der Waals surface area contributed by atoms with Gasteiger partial charge >= 0.3 is 5.97 Å². The number of benzene rings is 1. The van der Waals surface area contributed by atoms with Crippen molar-refractivity contribution in [2.45, 2.75) is 34.1 Å². The molecular formula is C12H18O2. The Bertz CT molecular complexity index is 303. The molecule has 2 heteroatoms. The summed E-state index contributed by atoms with van der Waals surface area (Å²) in [5, 5.41) is 8.58. The SMILES string of the molecule is CC.Cc1ccc(C)c(CC(=O)O)c1. The van der Waals surface area contributed by atoms with Gasteiger partial charge in [0.15, 0.2) is 0 Å². The summed E-state index contributed by atoms with van der Waals surface area (Å²) in [6.07, 6.45) is 0.119. The molecule has 0 saturated heterocycles. The highest BCUT2D eigenvalue weighted by atomic mass is 16.4. The summed E-state index contributed by atoms with van der Waals surface area (Å²) in [7, 11) is 0. The van der Waals surface area contributed by atoms with Crippen LogP contribution in [0.1, 0.15) is 30.5 Å². The third kappa shape index (κ3) is 4.08. The minimum Gasteiger partial charge on any atom is -0.481 e. The molecule has 1 aromatic rings. The first-order valence-electron chi connectivity index (χ1n) is 4.87. The van der Waals surface area contributed by atoms with Crippen molar-refractivity contribution in [3.8, 4) is 0 Å². The van der Waals surface area contributed by atoms with Crippen molar-refractivity contribution < 1.29 is 9.90 Å². The van der Waals surface area contributed by atoms with Crippen molar-refractivity contribution >= 4 is 5.97 Å². The van der Waals surface area contributed by atoms with Crippen LogP contribution in [0.4, 0.5) is 0 Å². The van der Waals surface area contributed by atoms with Crippen molar-refractivity contribution in [2.24, 2.45) is 0 Å². The molecule has 0 bridgehead atoms. The second-order valence-corrected chi connectivity index (χ2v) is 3.00. The van der Waals surface area contributed by atoms with Crippen LogP contribution in [0.15, 0.2) is 18.2 Å². The Kier molecular flexibility index (Phi) is 5.61. The van der Waals surface area contributed by atoms with Gasteiger partial charge in [-0.3, -0.25) is 4.79 Å². The number of carbonyl (C=O) groups is 1. The zero-order valence-corrected chi connectivity index (χ0v) is 9.29. The van der Waals surface area contributed by atoms with Crippen LogP contribution in [0.5, 0.6) is 0 Å². The maximum absolute atomic E-state index is 10.4. The van der Waals surface area contributed by atoms with Gasteiger partial charge in [0.2, 0.25) is 0 Å². The first-order valence-corrected chi connectivity index (χ1v) is 4.87. The third-order valence-electron chi connectivity index (χ3n) is 1.85. The van der Waals surface area contributed by atoms with Gasteiger partial charge in [0, 0.05) is 0 Å². The van der Waals surface area contributed by atoms with E-state index >= 15 is 0 Å². The molecule has 0 fully saturated rings. The van der Waals surface area contributed by atoms with Crippen LogP contribution in [0.25, 0.3) is 0 Å². The van der Waals surface area contributed by atoms with Gasteiger partial charge in [-0.25, -0.2) is 0 Å². The predicted octanol–water partition coefficient (Wildman–Crippen LogP) is 2.96. The number of hydrogen-bond donors (Lipinski definition) is 1. The second-order valence-electron chi connectivity index (χ2n) is 3.00. The largest absolute Gasteiger partial charge is 0.481 e. The molecule has 0 aromatic heterocycles. The summed E-state index contributed by atoms with van der Waals surface area (Å²) >= 11 is 0. The zero-order valence-electron chi connectivity index (χ0n) is 9.29. The molecular weight excluding hydrogens is 176 g/mol. The van der Waals surface area contributed by atoms with Crippen LogP contribution in [0, 0.1) is 13.8 Å². The molecule has 0 saturated carbocycles. The summed E-state index contributed by atoms with van der Waals surface area (Å²) in [6.45, 7) is 7.89. The van der Waals surface area contributed by atoms with Crippen molar-refractivity contribution in [1.82, 2.24) is 0 Å². The van der Waals surface area contributed by atoms with E-state index in [1.165, 1.54) is 0 Å². The fourth-order valence-corrected chi connectivity index (χ4v) is 1.15. The minimum atomic E-state index is -0.774. The lowest BCUT2D eigenvalue weighted by Gasteiger charge is -2.03. The van der Waals surface area contributed by atoms with Crippen LogP contribution >= 0.6 is 0 Å². The maximum atomic E-state index is 10.4. The Morgan fingerprint density at radius 3 is 2.36 bits per heavy atom. The van der Waals surface area contributed by atoms with E-state index in [1.54, 1.807) is 0 Å². The average molecular weight is 194 g/mol. The molecule has 0 unspecified atom stereocenters. The normalized spacial score (nSPS) is 8.86. The predicted molar refractivity (Wildman–Crippen MR) is 58.6 cm³/mol. The summed E-state index contributed by atoms with van der Waals surface area (Å²) < 4.78 is 0. The van der Waals surface area contributed by atoms with Crippen molar-refractivity contribution in [1.29, 1.82) is 0 Å². The highest BCUT2D eigenvalue weighted by Gasteiger charge is 2.03. The first kappa shape index (κ1) is 12.7. The standard InChI is InChI=1S/C10H12O2.C2H6/c1-7-3-4-8(2)9(5-7)6-10(11)12;1-2/h3-5H,6H2,1-2H3,(H,11,12);1-2H3. The van der Waals surface area contributed by atoms with E-state index in [4.69, 9.17) is 5.11 Å². The molecule has 78 valence electrons. The van der Waals surface area contributed by atoms with Gasteiger partial charge in [0.1, 0.15) is 0 Å². The Morgan fingerprint density at radius 2 is 1.86 bits per heavy atom. The van der Waals surface area contributed by atoms with E-state index in [2.05, 4.69) is 0 Å². The number of carboxylic acid groups (broad SMARTS) is 1. The monoisotopic (exact) mass is 194 g/mol. The average Bonchev–Trinajstić information content (AvgIpc) is 2.14. The van der Waals surface area contributed by atoms with Crippen LogP contribution in [0.3, 0.4) is 0 Å². The van der Waals surface area contributed by atoms with Gasteiger partial charge < -0.3 is 5.11 Å². The highest BCUT2D eigenvalue weighted by molar-refractivity contribution is 5.70. The Balaban J connectivity index is 0.000000791. The summed E-state index contributed by atoms with van der Waals surface area (Å²) in [6, 6.07) is 5.86. The van der Waals surface area contributed by atoms with Crippen molar-refractivity contribution in [3.63, 3.8) is 0 Å². The molecule has 1 aromatic carbocycles. The molecule has 1 rings (SSSR count). The lowest BCUT2D eigenvalue weighted by molar-refractivity contribution is -0.136. The Hall–Kier alpha value is -1.31. The van der Waals surface area contributed by atoms with Crippen molar-refractivity contribution in [3.05, 3.63) is 34.9 Å². The van der Waals surface area contributed by atoms with Gasteiger partial charge in [0.05, 0.1) is 6.42 Å². The molecule has 0 aliphatic heterocycles. The number of carboxylic acids is 1. The van der Waals surface area contributed by atoms with E-state index in [9.17, 15) is 4.79 Å². The summed E-state index contributed by atoms with van der Waals surface area (Å²) in [5.41, 5.74) is 3.06. The third-order valence-corrected chi connectivity index (χ3v) is 1.85. The van der Waals surface area contributed by atoms with Gasteiger partial charge in [-0.15, -0.1) is 0 Å². The lowest BCUT2D eigenvalue weighted by Crippen LogP contribution is -2.01. The molecule has 2 nitrogen and oxygen atoms in total. The van der Waals surface area contributed by atoms with Gasteiger partial charge in [0.25, 0.3) is 0 Å². The zero-order chi connectivity index (χ0) is 11.1. The highest BCUT2D eigenvalue weighted by Crippen LogP contribution is 2.10. The molecule has 0 heterocycles. The fourth-order valence-electron chi connectivity index (χ4n) is 1.15. The lowest BCUT2D eigenvalue weighted by atomic mass is 10.0. The number of rotatable bonds is 2. The van der Waals surface area contributed by atoms with Gasteiger partial charge in [-0.1, -0.05) is 37.6 Å². The molecule has 14 heavy (non-hydrogen) atoms. The van der Waals surface area contributed by atoms with Crippen LogP contribution in [-0.2, 0) is 11.2 Å². The molecule has 0 radical (unpaired) electrons. The maximum Gasteiger partial charge on any atom is 0.307 e. The summed E-state index contributed by atoms with van der Waals surface area (Å²) in [4.78, 5) is 10.4. The Labute approximate surface area is 85.6 Å². The summed E-state index contributed by atoms with van der Waals surface area (Å²) in [5.74, 6) is -0.774. The van der Waals surface area contributed by atoms with E-state index in [-0.39, 0.29) is 6.42 Å². The molecule has 0 aliphatic carbocycles. The second kappa shape index (κ2) is 6.19. The van der Waals surface area contributed by atoms with E-state index in [0.29, 0.717) is 0 Å². The van der Waals surface area contributed by atoms with Crippen LogP contribution in [-0.4, -0.2) is 11.1 Å². The molecule has 0 spiro atoms. The quantitative estimate of drug-likeness (QED) is 0.785. The fraction of sp³-hybridized carbons (Fsp3) is 0.417. The van der Waals surface area contributed by atoms with Crippen LogP contribution in [0.2, 0.25) is 0 Å². The molecule has 0 atom stereocenters. The number of hydrogen-bond acceptors (Lipinski definition) is 1. The molecule has 0 aliphatic rings. The molecule has 1 N–H and O–H groups in total. The van der Waals surface area contributed by atoms with E-state index < -0.39 is 5.97 Å². The minimum absolute atomic E-state index is 0.119. The van der Waals surface area contributed by atoms with Crippen molar-refractivity contribution in [2.75, 3.05) is 0 Å².